The van der Waals surface area contributed by atoms with E-state index in [9.17, 15) is 9.18 Å². The third-order valence-electron chi connectivity index (χ3n) is 5.22. The van der Waals surface area contributed by atoms with Crippen LogP contribution in [-0.4, -0.2) is 26.3 Å². The Bertz CT molecular complexity index is 1410. The summed E-state index contributed by atoms with van der Waals surface area (Å²) < 4.78 is 29.9. The van der Waals surface area contributed by atoms with Gasteiger partial charge in [0.1, 0.15) is 18.2 Å². The average molecular weight is 493 g/mol. The zero-order valence-corrected chi connectivity index (χ0v) is 19.8. The quantitative estimate of drug-likeness (QED) is 0.242. The Morgan fingerprint density at radius 1 is 0.971 bits per heavy atom. The maximum Gasteiger partial charge on any atom is 0.275 e. The zero-order chi connectivity index (χ0) is 24.8. The summed E-state index contributed by atoms with van der Waals surface area (Å²) in [4.78, 5) is 12.7. The first-order valence-electron chi connectivity index (χ1n) is 10.6. The van der Waals surface area contributed by atoms with Gasteiger partial charge < -0.3 is 14.2 Å². The average Bonchev–Trinajstić information content (AvgIpc) is 2.86. The Kier molecular flexibility index (Phi) is 7.48. The van der Waals surface area contributed by atoms with Crippen molar-refractivity contribution in [3.05, 3.63) is 100 Å². The van der Waals surface area contributed by atoms with E-state index >= 15 is 0 Å². The van der Waals surface area contributed by atoms with Crippen molar-refractivity contribution in [3.63, 3.8) is 0 Å². The molecule has 4 aromatic carbocycles. The molecule has 8 heteroatoms. The number of rotatable bonds is 8. The standard InChI is InChI=1S/C27H22ClFN2O4/c1-33-24-14-20-8-4-3-7-19(20)13-22(24)27(32)31-30-15-18-11-23(28)26(25(12-18)34-2)35-16-17-6-5-9-21(29)10-17/h3-15H,16H2,1-2H3,(H,31,32)/b30-15-. The Labute approximate surface area is 206 Å². The topological polar surface area (TPSA) is 69.2 Å². The third kappa shape index (κ3) is 5.70. The van der Waals surface area contributed by atoms with Gasteiger partial charge >= 0.3 is 0 Å². The molecule has 0 aliphatic heterocycles. The number of carbonyl (C=O) groups excluding carboxylic acids is 1. The first-order chi connectivity index (χ1) is 17.0. The lowest BCUT2D eigenvalue weighted by Crippen LogP contribution is -2.18. The van der Waals surface area contributed by atoms with Crippen LogP contribution in [0.4, 0.5) is 4.39 Å². The molecular formula is C27H22ClFN2O4. The first-order valence-corrected chi connectivity index (χ1v) is 11.0. The van der Waals surface area contributed by atoms with Crippen molar-refractivity contribution < 1.29 is 23.4 Å². The zero-order valence-electron chi connectivity index (χ0n) is 19.0. The molecule has 178 valence electrons. The molecule has 0 radical (unpaired) electrons. The van der Waals surface area contributed by atoms with Gasteiger partial charge in [0.25, 0.3) is 5.91 Å². The summed E-state index contributed by atoms with van der Waals surface area (Å²) in [6, 6.07) is 20.6. The van der Waals surface area contributed by atoms with Crippen LogP contribution in [0, 0.1) is 5.82 Å². The maximum atomic E-state index is 13.4. The summed E-state index contributed by atoms with van der Waals surface area (Å²) in [6.45, 7) is 0.116. The molecule has 0 fully saturated rings. The van der Waals surface area contributed by atoms with E-state index in [2.05, 4.69) is 10.5 Å². The number of carbonyl (C=O) groups is 1. The van der Waals surface area contributed by atoms with Gasteiger partial charge in [-0.15, -0.1) is 0 Å². The number of methoxy groups -OCH3 is 2. The van der Waals surface area contributed by atoms with Crippen LogP contribution in [0.1, 0.15) is 21.5 Å². The summed E-state index contributed by atoms with van der Waals surface area (Å²) in [7, 11) is 2.99. The molecule has 0 aromatic heterocycles. The number of hydrogen-bond acceptors (Lipinski definition) is 5. The van der Waals surface area contributed by atoms with Crippen molar-refractivity contribution in [2.45, 2.75) is 6.61 Å². The Balaban J connectivity index is 1.48. The van der Waals surface area contributed by atoms with Crippen molar-refractivity contribution in [1.82, 2.24) is 5.43 Å². The molecule has 4 rings (SSSR count). The molecule has 0 atom stereocenters. The van der Waals surface area contributed by atoms with Crippen LogP contribution >= 0.6 is 11.6 Å². The minimum absolute atomic E-state index is 0.116. The van der Waals surface area contributed by atoms with Crippen molar-refractivity contribution in [1.29, 1.82) is 0 Å². The highest BCUT2D eigenvalue weighted by Gasteiger charge is 2.14. The molecule has 0 saturated heterocycles. The van der Waals surface area contributed by atoms with E-state index < -0.39 is 5.91 Å². The highest BCUT2D eigenvalue weighted by atomic mass is 35.5. The number of benzene rings is 4. The first kappa shape index (κ1) is 24.0. The molecule has 1 amide bonds. The number of nitrogens with zero attached hydrogens (tertiary/aromatic N) is 1. The van der Waals surface area contributed by atoms with Crippen LogP contribution < -0.4 is 19.6 Å². The lowest BCUT2D eigenvalue weighted by molar-refractivity contribution is 0.0952. The highest BCUT2D eigenvalue weighted by Crippen LogP contribution is 2.36. The van der Waals surface area contributed by atoms with Gasteiger partial charge in [-0.3, -0.25) is 4.79 Å². The second-order valence-electron chi connectivity index (χ2n) is 7.55. The van der Waals surface area contributed by atoms with Crippen LogP contribution in [-0.2, 0) is 6.61 Å². The van der Waals surface area contributed by atoms with Crippen molar-refractivity contribution >= 4 is 34.5 Å². The van der Waals surface area contributed by atoms with Crippen molar-refractivity contribution in [2.75, 3.05) is 14.2 Å². The summed E-state index contributed by atoms with van der Waals surface area (Å²) in [6.07, 6.45) is 1.44. The predicted molar refractivity (Wildman–Crippen MR) is 134 cm³/mol. The Morgan fingerprint density at radius 3 is 2.43 bits per heavy atom. The van der Waals surface area contributed by atoms with E-state index in [1.807, 2.05) is 24.3 Å². The van der Waals surface area contributed by atoms with Crippen LogP contribution in [0.15, 0.2) is 77.9 Å². The van der Waals surface area contributed by atoms with E-state index in [4.69, 9.17) is 25.8 Å². The number of ether oxygens (including phenoxy) is 3. The van der Waals surface area contributed by atoms with Crippen molar-refractivity contribution in [2.24, 2.45) is 5.10 Å². The molecule has 0 saturated carbocycles. The minimum atomic E-state index is -0.419. The normalized spacial score (nSPS) is 11.0. The highest BCUT2D eigenvalue weighted by molar-refractivity contribution is 6.32. The van der Waals surface area contributed by atoms with Gasteiger partial charge in [-0.1, -0.05) is 48.0 Å². The van der Waals surface area contributed by atoms with E-state index in [1.165, 1.54) is 32.6 Å². The monoisotopic (exact) mass is 492 g/mol. The lowest BCUT2D eigenvalue weighted by atomic mass is 10.1. The molecular weight excluding hydrogens is 471 g/mol. The molecule has 6 nitrogen and oxygen atoms in total. The second kappa shape index (κ2) is 10.9. The second-order valence-corrected chi connectivity index (χ2v) is 7.96. The number of halogens is 2. The van der Waals surface area contributed by atoms with Crippen LogP contribution in [0.2, 0.25) is 5.02 Å². The van der Waals surface area contributed by atoms with Crippen LogP contribution in [0.3, 0.4) is 0 Å². The Hall–Kier alpha value is -4.10. The van der Waals surface area contributed by atoms with Gasteiger partial charge in [-0.05, 0) is 58.3 Å². The van der Waals surface area contributed by atoms with Gasteiger partial charge in [0.2, 0.25) is 0 Å². The molecule has 1 N–H and O–H groups in total. The van der Waals surface area contributed by atoms with E-state index in [-0.39, 0.29) is 17.4 Å². The van der Waals surface area contributed by atoms with Gasteiger partial charge in [-0.25, -0.2) is 9.82 Å². The Morgan fingerprint density at radius 2 is 1.71 bits per heavy atom. The van der Waals surface area contributed by atoms with Gasteiger partial charge in [0.05, 0.1) is 31.0 Å². The fraction of sp³-hybridized carbons (Fsp3) is 0.111. The summed E-state index contributed by atoms with van der Waals surface area (Å²) in [5, 5.41) is 6.20. The third-order valence-corrected chi connectivity index (χ3v) is 5.50. The molecule has 0 aliphatic rings. The number of amides is 1. The summed E-state index contributed by atoms with van der Waals surface area (Å²) in [5.41, 5.74) is 4.10. The fourth-order valence-electron chi connectivity index (χ4n) is 3.53. The number of hydrazone groups is 1. The maximum absolute atomic E-state index is 13.4. The molecule has 0 aliphatic carbocycles. The van der Waals surface area contributed by atoms with Gasteiger partial charge in [-0.2, -0.15) is 5.10 Å². The molecule has 0 spiro atoms. The summed E-state index contributed by atoms with van der Waals surface area (Å²) >= 11 is 6.40. The minimum Gasteiger partial charge on any atom is -0.496 e. The van der Waals surface area contributed by atoms with E-state index in [1.54, 1.807) is 36.4 Å². The van der Waals surface area contributed by atoms with E-state index in [0.717, 1.165) is 10.8 Å². The molecule has 35 heavy (non-hydrogen) atoms. The summed E-state index contributed by atoms with van der Waals surface area (Å²) in [5.74, 6) is 0.371. The SMILES string of the molecule is COc1cc2ccccc2cc1C(=O)N/N=C\c1cc(Cl)c(OCc2cccc(F)c2)c(OC)c1. The van der Waals surface area contributed by atoms with Crippen LogP contribution in [0.5, 0.6) is 17.2 Å². The molecule has 0 heterocycles. The molecule has 0 bridgehead atoms. The van der Waals surface area contributed by atoms with E-state index in [0.29, 0.717) is 33.9 Å². The molecule has 0 unspecified atom stereocenters. The largest absolute Gasteiger partial charge is 0.496 e. The van der Waals surface area contributed by atoms with Gasteiger partial charge in [0, 0.05) is 0 Å². The van der Waals surface area contributed by atoms with Crippen LogP contribution in [0.25, 0.3) is 10.8 Å². The molecule has 4 aromatic rings. The number of hydrogen-bond donors (Lipinski definition) is 1. The van der Waals surface area contributed by atoms with Gasteiger partial charge in [0.15, 0.2) is 11.5 Å². The fourth-order valence-corrected chi connectivity index (χ4v) is 3.80. The smallest absolute Gasteiger partial charge is 0.275 e. The number of nitrogens with one attached hydrogen (secondary N) is 1. The lowest BCUT2D eigenvalue weighted by Gasteiger charge is -2.13. The predicted octanol–water partition coefficient (Wildman–Crippen LogP) is 5.99. The number of fused-ring (bicyclic) bond motifs is 1. The van der Waals surface area contributed by atoms with Crippen molar-refractivity contribution in [3.8, 4) is 17.2 Å².